The Hall–Kier alpha value is -1.36. The van der Waals surface area contributed by atoms with E-state index in [1.165, 1.54) is 0 Å². The van der Waals surface area contributed by atoms with Gasteiger partial charge >= 0.3 is 5.97 Å². The third-order valence-corrected chi connectivity index (χ3v) is 2.63. The van der Waals surface area contributed by atoms with E-state index in [1.807, 2.05) is 12.1 Å². The smallest absolute Gasteiger partial charge is 0.357 e. The summed E-state index contributed by atoms with van der Waals surface area (Å²) >= 11 is 3.33. The fourth-order valence-electron chi connectivity index (χ4n) is 1.31. The van der Waals surface area contributed by atoms with Crippen molar-refractivity contribution >= 4 is 32.8 Å². The van der Waals surface area contributed by atoms with Crippen LogP contribution in [0.4, 0.5) is 0 Å². The van der Waals surface area contributed by atoms with Crippen molar-refractivity contribution < 1.29 is 9.90 Å². The summed E-state index contributed by atoms with van der Waals surface area (Å²) in [4.78, 5) is 10.7. The van der Waals surface area contributed by atoms with Crippen LogP contribution in [0.25, 0.3) is 10.9 Å². The summed E-state index contributed by atoms with van der Waals surface area (Å²) in [6, 6.07) is 5.52. The first-order valence-corrected chi connectivity index (χ1v) is 5.11. The molecule has 5 heteroatoms. The number of carboxylic acid groups (broad SMARTS) is 1. The fraction of sp³-hybridized carbons (Fsp3) is 0.111. The zero-order valence-electron chi connectivity index (χ0n) is 7.12. The standard InChI is InChI=1S/C9H7BrN2O2/c10-4-5-1-2-6-7(3-5)11-12-8(6)9(13)14/h1-3H,4H2,(H,11,12)(H,13,14). The van der Waals surface area contributed by atoms with E-state index in [4.69, 9.17) is 5.11 Å². The molecule has 1 aromatic carbocycles. The van der Waals surface area contributed by atoms with Crippen molar-refractivity contribution in [3.8, 4) is 0 Å². The minimum Gasteiger partial charge on any atom is -0.476 e. The van der Waals surface area contributed by atoms with Gasteiger partial charge in [-0.2, -0.15) is 5.10 Å². The van der Waals surface area contributed by atoms with Crippen molar-refractivity contribution in [2.75, 3.05) is 0 Å². The van der Waals surface area contributed by atoms with Crippen molar-refractivity contribution in [1.82, 2.24) is 10.2 Å². The minimum atomic E-state index is -1.01. The van der Waals surface area contributed by atoms with E-state index >= 15 is 0 Å². The zero-order chi connectivity index (χ0) is 10.1. The average molecular weight is 255 g/mol. The van der Waals surface area contributed by atoms with Crippen LogP contribution in [0, 0.1) is 0 Å². The monoisotopic (exact) mass is 254 g/mol. The predicted octanol–water partition coefficient (Wildman–Crippen LogP) is 2.16. The van der Waals surface area contributed by atoms with Crippen LogP contribution in [-0.4, -0.2) is 21.3 Å². The van der Waals surface area contributed by atoms with Gasteiger partial charge in [0.2, 0.25) is 0 Å². The SMILES string of the molecule is O=C(O)c1n[nH]c2cc(CBr)ccc12. The number of alkyl halides is 1. The molecule has 0 saturated heterocycles. The van der Waals surface area contributed by atoms with Crippen LogP contribution in [0.3, 0.4) is 0 Å². The second-order valence-electron chi connectivity index (χ2n) is 2.89. The molecule has 14 heavy (non-hydrogen) atoms. The lowest BCUT2D eigenvalue weighted by Gasteiger charge is -1.94. The highest BCUT2D eigenvalue weighted by Gasteiger charge is 2.11. The molecule has 0 fully saturated rings. The van der Waals surface area contributed by atoms with Crippen molar-refractivity contribution in [2.24, 2.45) is 0 Å². The molecule has 0 saturated carbocycles. The number of halogens is 1. The van der Waals surface area contributed by atoms with Gasteiger partial charge in [0.15, 0.2) is 5.69 Å². The maximum Gasteiger partial charge on any atom is 0.357 e. The first kappa shape index (κ1) is 9.21. The molecule has 2 N–H and O–H groups in total. The van der Waals surface area contributed by atoms with Gasteiger partial charge in [-0.3, -0.25) is 5.10 Å². The molecule has 1 aromatic heterocycles. The van der Waals surface area contributed by atoms with Gasteiger partial charge in [-0.15, -0.1) is 0 Å². The lowest BCUT2D eigenvalue weighted by molar-refractivity contribution is 0.0692. The summed E-state index contributed by atoms with van der Waals surface area (Å²) in [6.45, 7) is 0. The summed E-state index contributed by atoms with van der Waals surface area (Å²) in [5.41, 5.74) is 1.90. The highest BCUT2D eigenvalue weighted by molar-refractivity contribution is 9.08. The lowest BCUT2D eigenvalue weighted by Crippen LogP contribution is -1.96. The van der Waals surface area contributed by atoms with Gasteiger partial charge in [0.25, 0.3) is 0 Å². The highest BCUT2D eigenvalue weighted by Crippen LogP contribution is 2.18. The van der Waals surface area contributed by atoms with Gasteiger partial charge in [0.05, 0.1) is 5.52 Å². The average Bonchev–Trinajstić information content (AvgIpc) is 2.59. The number of benzene rings is 1. The molecule has 2 rings (SSSR count). The van der Waals surface area contributed by atoms with Gasteiger partial charge in [-0.25, -0.2) is 4.79 Å². The Labute approximate surface area is 88.1 Å². The van der Waals surface area contributed by atoms with Crippen LogP contribution in [0.15, 0.2) is 18.2 Å². The van der Waals surface area contributed by atoms with Crippen LogP contribution >= 0.6 is 15.9 Å². The van der Waals surface area contributed by atoms with Gasteiger partial charge in [-0.1, -0.05) is 28.1 Å². The first-order chi connectivity index (χ1) is 6.72. The van der Waals surface area contributed by atoms with Crippen LogP contribution in [-0.2, 0) is 5.33 Å². The number of carboxylic acids is 1. The number of rotatable bonds is 2. The van der Waals surface area contributed by atoms with Crippen molar-refractivity contribution in [2.45, 2.75) is 5.33 Å². The number of nitrogens with one attached hydrogen (secondary N) is 1. The van der Waals surface area contributed by atoms with E-state index in [0.717, 1.165) is 16.4 Å². The predicted molar refractivity (Wildman–Crippen MR) is 55.7 cm³/mol. The molecule has 4 nitrogen and oxygen atoms in total. The first-order valence-electron chi connectivity index (χ1n) is 3.98. The number of hydrogen-bond acceptors (Lipinski definition) is 2. The normalized spacial score (nSPS) is 10.6. The summed E-state index contributed by atoms with van der Waals surface area (Å²) < 4.78 is 0. The van der Waals surface area contributed by atoms with E-state index in [2.05, 4.69) is 26.1 Å². The number of hydrogen-bond donors (Lipinski definition) is 2. The van der Waals surface area contributed by atoms with Crippen LogP contribution in [0.2, 0.25) is 0 Å². The van der Waals surface area contributed by atoms with E-state index in [1.54, 1.807) is 6.07 Å². The number of carbonyl (C=O) groups is 1. The zero-order valence-corrected chi connectivity index (χ0v) is 8.71. The fourth-order valence-corrected chi connectivity index (χ4v) is 1.66. The quantitative estimate of drug-likeness (QED) is 0.808. The van der Waals surface area contributed by atoms with Crippen LogP contribution in [0.5, 0.6) is 0 Å². The van der Waals surface area contributed by atoms with E-state index in [9.17, 15) is 4.79 Å². The van der Waals surface area contributed by atoms with E-state index in [-0.39, 0.29) is 5.69 Å². The Morgan fingerprint density at radius 3 is 3.00 bits per heavy atom. The number of aromatic carboxylic acids is 1. The van der Waals surface area contributed by atoms with Gasteiger partial charge in [-0.05, 0) is 11.6 Å². The minimum absolute atomic E-state index is 0.0705. The number of aromatic amines is 1. The molecule has 72 valence electrons. The van der Waals surface area contributed by atoms with Gasteiger partial charge in [0, 0.05) is 10.7 Å². The molecule has 0 aliphatic carbocycles. The third kappa shape index (κ3) is 1.39. The molecule has 0 bridgehead atoms. The molecule has 0 aliphatic heterocycles. The van der Waals surface area contributed by atoms with Crippen molar-refractivity contribution in [1.29, 1.82) is 0 Å². The molecule has 0 amide bonds. The molecule has 0 unspecified atom stereocenters. The van der Waals surface area contributed by atoms with Gasteiger partial charge in [0.1, 0.15) is 0 Å². The third-order valence-electron chi connectivity index (χ3n) is 1.98. The second kappa shape index (κ2) is 3.42. The maximum atomic E-state index is 10.7. The summed E-state index contributed by atoms with van der Waals surface area (Å²) in [7, 11) is 0. The number of fused-ring (bicyclic) bond motifs is 1. The Kier molecular flexibility index (Phi) is 2.25. The molecule has 0 spiro atoms. The Morgan fingerprint density at radius 1 is 1.57 bits per heavy atom. The highest BCUT2D eigenvalue weighted by atomic mass is 79.9. The molecular weight excluding hydrogens is 248 g/mol. The Bertz CT molecular complexity index is 493. The lowest BCUT2D eigenvalue weighted by atomic mass is 10.1. The molecule has 0 atom stereocenters. The Balaban J connectivity index is 2.65. The van der Waals surface area contributed by atoms with E-state index in [0.29, 0.717) is 5.39 Å². The molecule has 1 heterocycles. The molecule has 0 radical (unpaired) electrons. The van der Waals surface area contributed by atoms with Crippen molar-refractivity contribution in [3.63, 3.8) is 0 Å². The van der Waals surface area contributed by atoms with E-state index < -0.39 is 5.97 Å². The Morgan fingerprint density at radius 2 is 2.36 bits per heavy atom. The summed E-state index contributed by atoms with van der Waals surface area (Å²) in [5.74, 6) is -1.01. The topological polar surface area (TPSA) is 66.0 Å². The molecular formula is C9H7BrN2O2. The molecule has 2 aromatic rings. The number of nitrogens with zero attached hydrogens (tertiary/aromatic N) is 1. The van der Waals surface area contributed by atoms with Gasteiger partial charge < -0.3 is 5.11 Å². The summed E-state index contributed by atoms with van der Waals surface area (Å²) in [5, 5.41) is 16.6. The maximum absolute atomic E-state index is 10.7. The number of aromatic nitrogens is 2. The molecule has 0 aliphatic rings. The van der Waals surface area contributed by atoms with Crippen LogP contribution in [0.1, 0.15) is 16.1 Å². The second-order valence-corrected chi connectivity index (χ2v) is 3.45. The number of H-pyrrole nitrogens is 1. The van der Waals surface area contributed by atoms with Crippen LogP contribution < -0.4 is 0 Å². The van der Waals surface area contributed by atoms with Crippen molar-refractivity contribution in [3.05, 3.63) is 29.5 Å². The summed E-state index contributed by atoms with van der Waals surface area (Å²) in [6.07, 6.45) is 0. The largest absolute Gasteiger partial charge is 0.476 e.